The Morgan fingerprint density at radius 1 is 0.157 bits per heavy atom. The van der Waals surface area contributed by atoms with Crippen LogP contribution in [-0.4, -0.2) is 18.3 Å². The van der Waals surface area contributed by atoms with E-state index in [4.69, 9.17) is 0 Å². The highest BCUT2D eigenvalue weighted by atomic mass is 15.1. The molecule has 0 N–H and O–H groups in total. The number of nitrogens with zero attached hydrogens (tertiary/aromatic N) is 5. The van der Waals surface area contributed by atoms with Crippen LogP contribution in [0.25, 0.3) is 199 Å². The van der Waals surface area contributed by atoms with Gasteiger partial charge in [0.1, 0.15) is 11.6 Å². The molecule has 0 atom stereocenters. The van der Waals surface area contributed by atoms with Crippen molar-refractivity contribution in [3.05, 3.63) is 400 Å². The van der Waals surface area contributed by atoms with Gasteiger partial charge in [0, 0.05) is 43.1 Å². The van der Waals surface area contributed by atoms with Gasteiger partial charge in [-0.15, -0.1) is 0 Å². The topological polar surface area (TPSA) is 43.5 Å². The van der Waals surface area contributed by atoms with E-state index in [-0.39, 0.29) is 0 Å². The Morgan fingerprint density at radius 2 is 0.315 bits per heavy atom. The summed E-state index contributed by atoms with van der Waals surface area (Å²) < 4.78 is 9.82. The number of fused-ring (bicyclic) bond motifs is 12. The fourth-order valence-corrected chi connectivity index (χ4v) is 17.1. The minimum absolute atomic E-state index is 0.493. The molecule has 108 heavy (non-hydrogen) atoms. The van der Waals surface area contributed by atoms with Crippen LogP contribution in [0.5, 0.6) is 0 Å². The van der Waals surface area contributed by atoms with Crippen LogP contribution in [0.4, 0.5) is 0 Å². The second kappa shape index (κ2) is 25.4. The summed E-state index contributed by atoms with van der Waals surface area (Å²) in [5.74, 6) is 0. The predicted octanol–water partition coefficient (Wildman–Crippen LogP) is 27.3. The van der Waals surface area contributed by atoms with Crippen molar-refractivity contribution in [3.63, 3.8) is 0 Å². The second-order valence-electron chi connectivity index (χ2n) is 28.2. The molecule has 502 valence electrons. The molecule has 5 heteroatoms. The number of benzene rings is 17. The summed E-state index contributed by atoms with van der Waals surface area (Å²) in [6.45, 7) is 0. The molecule has 21 aromatic rings. The number of hydrogen-bond acceptors (Lipinski definition) is 1. The average Bonchev–Trinajstić information content (AvgIpc) is 1.53. The molecule has 0 spiro atoms. The van der Waals surface area contributed by atoms with Crippen LogP contribution in [0, 0.1) is 11.3 Å². The van der Waals surface area contributed by atoms with E-state index in [0.29, 0.717) is 5.56 Å². The molecule has 17 aromatic carbocycles. The van der Waals surface area contributed by atoms with Gasteiger partial charge >= 0.3 is 0 Å². The number of nitriles is 1. The van der Waals surface area contributed by atoms with Crippen LogP contribution in [0.15, 0.2) is 394 Å². The normalized spacial score (nSPS) is 11.7. The third-order valence-electron chi connectivity index (χ3n) is 22.2. The molecule has 21 rings (SSSR count). The smallest absolute Gasteiger partial charge is 0.104 e. The lowest BCUT2D eigenvalue weighted by Gasteiger charge is -2.25. The lowest BCUT2D eigenvalue weighted by atomic mass is 10.0. The van der Waals surface area contributed by atoms with Crippen molar-refractivity contribution >= 4 is 87.2 Å². The van der Waals surface area contributed by atoms with Crippen molar-refractivity contribution in [2.24, 2.45) is 0 Å². The number of hydrogen-bond donors (Lipinski definition) is 0. The minimum Gasteiger partial charge on any atom is -0.307 e. The Kier molecular flexibility index (Phi) is 14.6. The zero-order valence-corrected chi connectivity index (χ0v) is 58.8. The van der Waals surface area contributed by atoms with Gasteiger partial charge in [0.05, 0.1) is 66.9 Å². The van der Waals surface area contributed by atoms with E-state index in [1.165, 1.54) is 0 Å². The van der Waals surface area contributed by atoms with Crippen molar-refractivity contribution in [1.82, 2.24) is 18.3 Å². The van der Waals surface area contributed by atoms with Crippen LogP contribution >= 0.6 is 0 Å². The van der Waals surface area contributed by atoms with E-state index in [1.807, 2.05) is 0 Å². The third kappa shape index (κ3) is 10.1. The van der Waals surface area contributed by atoms with Crippen molar-refractivity contribution in [3.8, 4) is 118 Å². The quantitative estimate of drug-likeness (QED) is 0.120. The lowest BCUT2D eigenvalue weighted by Crippen LogP contribution is -2.13. The predicted molar refractivity (Wildman–Crippen MR) is 452 cm³/mol. The molecule has 0 aliphatic heterocycles. The average molecular weight is 1370 g/mol. The summed E-state index contributed by atoms with van der Waals surface area (Å²) in [5, 5.41) is 22.2. The van der Waals surface area contributed by atoms with Gasteiger partial charge in [0.25, 0.3) is 0 Å². The molecule has 4 aromatic heterocycles. The maximum absolute atomic E-state index is 13.6. The Labute approximate surface area is 624 Å². The molecule has 0 saturated heterocycles. The monoisotopic (exact) mass is 1370 g/mol. The molecule has 0 saturated carbocycles. The maximum Gasteiger partial charge on any atom is 0.104 e. The highest BCUT2D eigenvalue weighted by Crippen LogP contribution is 2.50. The molecular weight excluding hydrogens is 1310 g/mol. The van der Waals surface area contributed by atoms with Crippen LogP contribution in [0.1, 0.15) is 5.56 Å². The van der Waals surface area contributed by atoms with Crippen LogP contribution in [-0.2, 0) is 0 Å². The first-order valence-electron chi connectivity index (χ1n) is 36.9. The zero-order valence-electron chi connectivity index (χ0n) is 58.8. The Hall–Kier alpha value is -14.6. The maximum atomic E-state index is 13.6. The zero-order chi connectivity index (χ0) is 71.3. The molecule has 0 aliphatic carbocycles. The fraction of sp³-hybridized carbons (Fsp3) is 0. The summed E-state index contributed by atoms with van der Waals surface area (Å²) in [6.07, 6.45) is 0. The number of aromatic nitrogens is 4. The van der Waals surface area contributed by atoms with E-state index in [0.717, 1.165) is 199 Å². The van der Waals surface area contributed by atoms with Gasteiger partial charge in [-0.3, -0.25) is 0 Å². The molecule has 0 radical (unpaired) electrons. The molecule has 0 bridgehead atoms. The van der Waals surface area contributed by atoms with Gasteiger partial charge in [-0.1, -0.05) is 291 Å². The van der Waals surface area contributed by atoms with Gasteiger partial charge in [0.15, 0.2) is 0 Å². The van der Waals surface area contributed by atoms with Gasteiger partial charge in [-0.05, 0) is 192 Å². The molecule has 0 unspecified atom stereocenters. The van der Waals surface area contributed by atoms with E-state index in [1.54, 1.807) is 0 Å². The fourth-order valence-electron chi connectivity index (χ4n) is 17.1. The number of rotatable bonds is 12. The van der Waals surface area contributed by atoms with Crippen molar-refractivity contribution in [2.75, 3.05) is 0 Å². The van der Waals surface area contributed by atoms with Gasteiger partial charge in [-0.2, -0.15) is 5.26 Å². The van der Waals surface area contributed by atoms with Crippen LogP contribution in [0.2, 0.25) is 0 Å². The van der Waals surface area contributed by atoms with E-state index in [2.05, 4.69) is 419 Å². The Balaban J connectivity index is 0.981. The van der Waals surface area contributed by atoms with Gasteiger partial charge in [-0.25, -0.2) is 0 Å². The molecule has 0 amide bonds. The third-order valence-corrected chi connectivity index (χ3v) is 22.2. The first-order chi connectivity index (χ1) is 53.5. The van der Waals surface area contributed by atoms with Gasteiger partial charge in [0.2, 0.25) is 0 Å². The first-order valence-corrected chi connectivity index (χ1v) is 36.9. The van der Waals surface area contributed by atoms with Crippen LogP contribution < -0.4 is 0 Å². The second-order valence-corrected chi connectivity index (χ2v) is 28.2. The lowest BCUT2D eigenvalue weighted by molar-refractivity contribution is 1.03. The summed E-state index contributed by atoms with van der Waals surface area (Å²) >= 11 is 0. The molecular formula is C103H65N5. The summed E-state index contributed by atoms with van der Waals surface area (Å²) in [6, 6.07) is 147. The summed E-state index contributed by atoms with van der Waals surface area (Å²) in [7, 11) is 0. The van der Waals surface area contributed by atoms with E-state index >= 15 is 0 Å². The first kappa shape index (κ1) is 62.0. The van der Waals surface area contributed by atoms with Gasteiger partial charge < -0.3 is 18.3 Å². The highest BCUT2D eigenvalue weighted by Gasteiger charge is 2.32. The van der Waals surface area contributed by atoms with E-state index in [9.17, 15) is 5.26 Å². The molecule has 0 fully saturated rings. The molecule has 0 aliphatic rings. The Bertz CT molecular complexity index is 6360. The van der Waals surface area contributed by atoms with Crippen molar-refractivity contribution < 1.29 is 0 Å². The van der Waals surface area contributed by atoms with Crippen LogP contribution in [0.3, 0.4) is 0 Å². The molecule has 4 heterocycles. The van der Waals surface area contributed by atoms with Crippen molar-refractivity contribution in [1.29, 1.82) is 5.26 Å². The largest absolute Gasteiger partial charge is 0.307 e. The highest BCUT2D eigenvalue weighted by molar-refractivity contribution is 6.18. The Morgan fingerprint density at radius 3 is 0.472 bits per heavy atom. The summed E-state index contributed by atoms with van der Waals surface area (Å²) in [4.78, 5) is 0. The molecule has 5 nitrogen and oxygen atoms in total. The minimum atomic E-state index is 0.493. The standard InChI is InChI=1S/C103H65N5/c104-66-91-102(107-96-53-45-79(71-33-17-5-18-34-71)61-87(96)88-62-80(46-54-97(88)107)72-35-19-6-20-36-72)100(105-92-49-41-75(67-25-9-1-10-26-67)57-83(92)84-58-76(42-50-93(84)105)68-27-11-2-12-28-68)65-101(106-94-51-43-77(69-29-13-3-14-30-69)59-85(94)86-60-78(44-52-95(86)106)70-31-15-4-16-32-70)103(91)108-98-55-47-81(73-37-21-7-22-38-73)63-89(98)90-64-82(48-56-99(90)108)74-39-23-8-24-40-74/h1-65H. The van der Waals surface area contributed by atoms with Crippen molar-refractivity contribution in [2.45, 2.75) is 0 Å². The SMILES string of the molecule is N#Cc1c(-n2c3ccc(-c4ccccc4)cc3c3cc(-c4ccccc4)ccc32)c(-n2c3ccc(-c4ccccc4)cc3c3cc(-c4ccccc4)ccc32)cc(-n2c3ccc(-c4ccccc4)cc3c3cc(-c4ccccc4)ccc32)c1-n1c2ccc(-c3ccccc3)cc2c2cc(-c3ccccc3)ccc21. The summed E-state index contributed by atoms with van der Waals surface area (Å²) in [5.41, 5.74) is 29.3. The van der Waals surface area contributed by atoms with E-state index < -0.39 is 0 Å².